The van der Waals surface area contributed by atoms with Crippen molar-refractivity contribution in [1.29, 1.82) is 0 Å². The first-order valence-corrected chi connectivity index (χ1v) is 7.54. The monoisotopic (exact) mass is 282 g/mol. The predicted octanol–water partition coefficient (Wildman–Crippen LogP) is 2.90. The number of carbonyl (C=O) groups is 1. The van der Waals surface area contributed by atoms with Gasteiger partial charge in [-0.3, -0.25) is 4.79 Å². The molecule has 0 bridgehead atoms. The van der Waals surface area contributed by atoms with Crippen molar-refractivity contribution in [3.63, 3.8) is 0 Å². The van der Waals surface area contributed by atoms with Crippen LogP contribution < -0.4 is 5.73 Å². The van der Waals surface area contributed by atoms with Crippen LogP contribution in [0.5, 0.6) is 0 Å². The molecule has 2 heterocycles. The van der Waals surface area contributed by atoms with Gasteiger partial charge in [-0.25, -0.2) is 0 Å². The highest BCUT2D eigenvalue weighted by molar-refractivity contribution is 7.99. The fourth-order valence-electron chi connectivity index (χ4n) is 1.50. The summed E-state index contributed by atoms with van der Waals surface area (Å²) in [6, 6.07) is 5.87. The van der Waals surface area contributed by atoms with Crippen LogP contribution in [0.25, 0.3) is 10.6 Å². The zero-order valence-corrected chi connectivity index (χ0v) is 11.6. The number of carbonyl (C=O) groups excluding carboxylic acids is 1. The molecule has 0 saturated carbocycles. The summed E-state index contributed by atoms with van der Waals surface area (Å²) in [5.41, 5.74) is 6.13. The molecule has 2 aromatic heterocycles. The van der Waals surface area contributed by atoms with Gasteiger partial charge in [0.15, 0.2) is 5.76 Å². The predicted molar refractivity (Wildman–Crippen MR) is 74.4 cm³/mol. The average Bonchev–Trinajstić information content (AvgIpc) is 2.99. The summed E-state index contributed by atoms with van der Waals surface area (Å²) in [5.74, 6) is 1.13. The standard InChI is InChI=1S/C12H14N2O2S2/c1-2-10(12(13)15)18-7-8-6-9(16-14-8)11-4-3-5-17-11/h3-6,10H,2,7H2,1H3,(H2,13,15). The van der Waals surface area contributed by atoms with Crippen LogP contribution in [0.4, 0.5) is 0 Å². The van der Waals surface area contributed by atoms with Crippen molar-refractivity contribution in [1.82, 2.24) is 5.16 Å². The molecule has 0 aliphatic heterocycles. The van der Waals surface area contributed by atoms with Gasteiger partial charge in [-0.15, -0.1) is 23.1 Å². The molecule has 0 aliphatic carbocycles. The molecule has 1 unspecified atom stereocenters. The molecular formula is C12H14N2O2S2. The number of nitrogens with two attached hydrogens (primary N) is 1. The van der Waals surface area contributed by atoms with Crippen LogP contribution in [0.1, 0.15) is 19.0 Å². The Morgan fingerprint density at radius 3 is 3.11 bits per heavy atom. The van der Waals surface area contributed by atoms with E-state index >= 15 is 0 Å². The van der Waals surface area contributed by atoms with Crippen LogP contribution in [0.3, 0.4) is 0 Å². The fraction of sp³-hybridized carbons (Fsp3) is 0.333. The van der Waals surface area contributed by atoms with Gasteiger partial charge >= 0.3 is 0 Å². The molecule has 2 aromatic rings. The Kier molecular flexibility index (Phi) is 4.43. The molecule has 2 rings (SSSR count). The third-order valence-electron chi connectivity index (χ3n) is 2.44. The molecule has 0 fully saturated rings. The number of amides is 1. The van der Waals surface area contributed by atoms with Crippen molar-refractivity contribution in [3.05, 3.63) is 29.3 Å². The molecule has 1 amide bonds. The van der Waals surface area contributed by atoms with Gasteiger partial charge in [-0.05, 0) is 17.9 Å². The molecule has 0 saturated heterocycles. The summed E-state index contributed by atoms with van der Waals surface area (Å²) in [7, 11) is 0. The highest BCUT2D eigenvalue weighted by Gasteiger charge is 2.15. The van der Waals surface area contributed by atoms with E-state index in [9.17, 15) is 4.79 Å². The lowest BCUT2D eigenvalue weighted by molar-refractivity contribution is -0.117. The average molecular weight is 282 g/mol. The largest absolute Gasteiger partial charge is 0.369 e. The lowest BCUT2D eigenvalue weighted by atomic mass is 10.3. The lowest BCUT2D eigenvalue weighted by Crippen LogP contribution is -2.25. The number of primary amides is 1. The summed E-state index contributed by atoms with van der Waals surface area (Å²) in [5, 5.41) is 5.83. The van der Waals surface area contributed by atoms with Gasteiger partial charge in [-0.1, -0.05) is 18.1 Å². The van der Waals surface area contributed by atoms with Crippen LogP contribution in [0.15, 0.2) is 28.1 Å². The minimum absolute atomic E-state index is 0.160. The van der Waals surface area contributed by atoms with Crippen molar-refractivity contribution in [2.24, 2.45) is 5.73 Å². The van der Waals surface area contributed by atoms with Gasteiger partial charge in [0, 0.05) is 11.8 Å². The first-order valence-electron chi connectivity index (χ1n) is 5.61. The van der Waals surface area contributed by atoms with Gasteiger partial charge in [0.1, 0.15) is 0 Å². The van der Waals surface area contributed by atoms with Crippen LogP contribution in [-0.2, 0) is 10.5 Å². The number of rotatable bonds is 6. The molecule has 0 spiro atoms. The van der Waals surface area contributed by atoms with Crippen LogP contribution in [-0.4, -0.2) is 16.3 Å². The van der Waals surface area contributed by atoms with Gasteiger partial charge in [-0.2, -0.15) is 0 Å². The maximum atomic E-state index is 11.1. The van der Waals surface area contributed by atoms with E-state index < -0.39 is 0 Å². The normalized spacial score (nSPS) is 12.5. The maximum absolute atomic E-state index is 11.1. The topological polar surface area (TPSA) is 69.1 Å². The third-order valence-corrected chi connectivity index (χ3v) is 4.76. The van der Waals surface area contributed by atoms with Gasteiger partial charge in [0.25, 0.3) is 0 Å². The molecular weight excluding hydrogens is 268 g/mol. The third kappa shape index (κ3) is 3.14. The number of thioether (sulfide) groups is 1. The second-order valence-corrected chi connectivity index (χ2v) is 5.91. The molecule has 0 aromatic carbocycles. The molecule has 6 heteroatoms. The molecule has 96 valence electrons. The Morgan fingerprint density at radius 2 is 2.50 bits per heavy atom. The minimum Gasteiger partial charge on any atom is -0.369 e. The van der Waals surface area contributed by atoms with E-state index in [2.05, 4.69) is 5.16 Å². The van der Waals surface area contributed by atoms with Crippen molar-refractivity contribution in [2.45, 2.75) is 24.3 Å². The van der Waals surface area contributed by atoms with E-state index in [0.29, 0.717) is 5.75 Å². The fourth-order valence-corrected chi connectivity index (χ4v) is 3.08. The Morgan fingerprint density at radius 1 is 1.67 bits per heavy atom. The van der Waals surface area contributed by atoms with Crippen LogP contribution in [0, 0.1) is 0 Å². The zero-order valence-electron chi connectivity index (χ0n) is 9.96. The minimum atomic E-state index is -0.274. The molecule has 18 heavy (non-hydrogen) atoms. The van der Waals surface area contributed by atoms with Crippen LogP contribution >= 0.6 is 23.1 Å². The Hall–Kier alpha value is -1.27. The first-order chi connectivity index (χ1) is 8.70. The Bertz CT molecular complexity index is 508. The molecule has 4 nitrogen and oxygen atoms in total. The van der Waals surface area contributed by atoms with E-state index in [1.54, 1.807) is 11.3 Å². The van der Waals surface area contributed by atoms with E-state index in [4.69, 9.17) is 10.3 Å². The zero-order chi connectivity index (χ0) is 13.0. The van der Waals surface area contributed by atoms with Gasteiger partial charge in [0.05, 0.1) is 15.8 Å². The number of nitrogens with zero attached hydrogens (tertiary/aromatic N) is 1. The molecule has 2 N–H and O–H groups in total. The molecule has 0 aliphatic rings. The molecule has 0 radical (unpaired) electrons. The Balaban J connectivity index is 1.97. The van der Waals surface area contributed by atoms with Crippen LogP contribution in [0.2, 0.25) is 0 Å². The summed E-state index contributed by atoms with van der Waals surface area (Å²) < 4.78 is 5.27. The summed E-state index contributed by atoms with van der Waals surface area (Å²) in [6.07, 6.45) is 0.732. The summed E-state index contributed by atoms with van der Waals surface area (Å²) >= 11 is 3.11. The summed E-state index contributed by atoms with van der Waals surface area (Å²) in [6.45, 7) is 1.95. The van der Waals surface area contributed by atoms with Gasteiger partial charge in [0.2, 0.25) is 5.91 Å². The summed E-state index contributed by atoms with van der Waals surface area (Å²) in [4.78, 5) is 12.2. The van der Waals surface area contributed by atoms with E-state index in [0.717, 1.165) is 22.8 Å². The van der Waals surface area contributed by atoms with E-state index in [1.165, 1.54) is 11.8 Å². The van der Waals surface area contributed by atoms with E-state index in [-0.39, 0.29) is 11.2 Å². The SMILES string of the molecule is CCC(SCc1cc(-c2cccs2)on1)C(N)=O. The van der Waals surface area contributed by atoms with Crippen molar-refractivity contribution in [2.75, 3.05) is 0 Å². The lowest BCUT2D eigenvalue weighted by Gasteiger charge is -2.07. The van der Waals surface area contributed by atoms with Crippen molar-refractivity contribution >= 4 is 29.0 Å². The molecule has 1 atom stereocenters. The first kappa shape index (κ1) is 13.2. The second-order valence-electron chi connectivity index (χ2n) is 3.77. The number of aromatic nitrogens is 1. The smallest absolute Gasteiger partial charge is 0.230 e. The van der Waals surface area contributed by atoms with Crippen molar-refractivity contribution < 1.29 is 9.32 Å². The number of hydrogen-bond donors (Lipinski definition) is 1. The Labute approximate surface area is 114 Å². The highest BCUT2D eigenvalue weighted by atomic mass is 32.2. The number of thiophene rings is 1. The second kappa shape index (κ2) is 6.06. The highest BCUT2D eigenvalue weighted by Crippen LogP contribution is 2.27. The maximum Gasteiger partial charge on any atom is 0.230 e. The van der Waals surface area contributed by atoms with Crippen molar-refractivity contribution in [3.8, 4) is 10.6 Å². The van der Waals surface area contributed by atoms with E-state index in [1.807, 2.05) is 30.5 Å². The van der Waals surface area contributed by atoms with Gasteiger partial charge < -0.3 is 10.3 Å². The quantitative estimate of drug-likeness (QED) is 0.884. The number of hydrogen-bond acceptors (Lipinski definition) is 5.